The zero-order valence-electron chi connectivity index (χ0n) is 12.8. The SMILES string of the molecule is O=[N+]([O-])c1ccc(O)cc1CNc1ccc(Cn2cccn2)cc1. The van der Waals surface area contributed by atoms with Crippen molar-refractivity contribution in [2.75, 3.05) is 5.32 Å². The largest absolute Gasteiger partial charge is 0.508 e. The fourth-order valence-electron chi connectivity index (χ4n) is 2.40. The van der Waals surface area contributed by atoms with Crippen LogP contribution in [0.2, 0.25) is 0 Å². The van der Waals surface area contributed by atoms with E-state index in [2.05, 4.69) is 10.4 Å². The highest BCUT2D eigenvalue weighted by Crippen LogP contribution is 2.24. The van der Waals surface area contributed by atoms with Gasteiger partial charge in [-0.25, -0.2) is 0 Å². The molecule has 0 saturated heterocycles. The fourth-order valence-corrected chi connectivity index (χ4v) is 2.40. The van der Waals surface area contributed by atoms with Gasteiger partial charge in [0.25, 0.3) is 5.69 Å². The monoisotopic (exact) mass is 324 g/mol. The van der Waals surface area contributed by atoms with Crippen LogP contribution in [0.15, 0.2) is 60.9 Å². The second-order valence-corrected chi connectivity index (χ2v) is 5.32. The molecule has 24 heavy (non-hydrogen) atoms. The van der Waals surface area contributed by atoms with Crippen LogP contribution < -0.4 is 5.32 Å². The van der Waals surface area contributed by atoms with Crippen molar-refractivity contribution in [3.63, 3.8) is 0 Å². The van der Waals surface area contributed by atoms with E-state index in [1.54, 1.807) is 6.20 Å². The molecule has 0 bridgehead atoms. The molecular formula is C17H16N4O3. The van der Waals surface area contributed by atoms with Gasteiger partial charge < -0.3 is 10.4 Å². The number of phenols is 1. The number of phenolic OH excluding ortho intramolecular Hbond substituents is 1. The smallest absolute Gasteiger partial charge is 0.274 e. The third-order valence-electron chi connectivity index (χ3n) is 3.60. The van der Waals surface area contributed by atoms with Crippen LogP contribution >= 0.6 is 0 Å². The maximum Gasteiger partial charge on any atom is 0.274 e. The zero-order valence-corrected chi connectivity index (χ0v) is 12.8. The third-order valence-corrected chi connectivity index (χ3v) is 3.60. The predicted molar refractivity (Wildman–Crippen MR) is 89.9 cm³/mol. The van der Waals surface area contributed by atoms with Crippen molar-refractivity contribution in [2.24, 2.45) is 0 Å². The van der Waals surface area contributed by atoms with Gasteiger partial charge in [-0.05, 0) is 35.9 Å². The van der Waals surface area contributed by atoms with Gasteiger partial charge in [-0.3, -0.25) is 14.8 Å². The molecule has 0 unspecified atom stereocenters. The number of benzene rings is 2. The lowest BCUT2D eigenvalue weighted by atomic mass is 10.1. The summed E-state index contributed by atoms with van der Waals surface area (Å²) >= 11 is 0. The highest BCUT2D eigenvalue weighted by atomic mass is 16.6. The lowest BCUT2D eigenvalue weighted by Crippen LogP contribution is -2.04. The molecule has 0 atom stereocenters. The Morgan fingerprint density at radius 1 is 1.21 bits per heavy atom. The van der Waals surface area contributed by atoms with Gasteiger partial charge in [-0.1, -0.05) is 12.1 Å². The summed E-state index contributed by atoms with van der Waals surface area (Å²) in [7, 11) is 0. The number of nitro benzene ring substituents is 1. The number of anilines is 1. The quantitative estimate of drug-likeness (QED) is 0.536. The summed E-state index contributed by atoms with van der Waals surface area (Å²) in [6, 6.07) is 13.7. The van der Waals surface area contributed by atoms with Gasteiger partial charge >= 0.3 is 0 Å². The van der Waals surface area contributed by atoms with Crippen LogP contribution in [-0.2, 0) is 13.1 Å². The summed E-state index contributed by atoms with van der Waals surface area (Å²) in [4.78, 5) is 10.6. The van der Waals surface area contributed by atoms with Crippen LogP contribution in [0.25, 0.3) is 0 Å². The van der Waals surface area contributed by atoms with E-state index in [0.717, 1.165) is 11.3 Å². The molecule has 7 nitrogen and oxygen atoms in total. The molecule has 0 amide bonds. The number of nitro groups is 1. The molecule has 2 aromatic carbocycles. The van der Waals surface area contributed by atoms with Gasteiger partial charge in [-0.2, -0.15) is 5.10 Å². The summed E-state index contributed by atoms with van der Waals surface area (Å²) in [5.74, 6) is 0.00645. The number of nitrogens with one attached hydrogen (secondary N) is 1. The standard InChI is InChI=1S/C17H16N4O3/c22-16-6-7-17(21(23)24)14(10-16)11-18-15-4-2-13(3-5-15)12-20-9-1-8-19-20/h1-10,18,22H,11-12H2. The van der Waals surface area contributed by atoms with E-state index in [9.17, 15) is 15.2 Å². The van der Waals surface area contributed by atoms with Gasteiger partial charge in [-0.15, -0.1) is 0 Å². The summed E-state index contributed by atoms with van der Waals surface area (Å²) < 4.78 is 1.83. The minimum atomic E-state index is -0.455. The molecule has 0 aliphatic carbocycles. The zero-order chi connectivity index (χ0) is 16.9. The molecule has 1 heterocycles. The first-order chi connectivity index (χ1) is 11.6. The average Bonchev–Trinajstić information content (AvgIpc) is 3.07. The van der Waals surface area contributed by atoms with Crippen LogP contribution in [0.3, 0.4) is 0 Å². The van der Waals surface area contributed by atoms with Crippen molar-refractivity contribution in [1.29, 1.82) is 0 Å². The predicted octanol–water partition coefficient (Wildman–Crippen LogP) is 3.16. The Morgan fingerprint density at radius 3 is 2.67 bits per heavy atom. The second kappa shape index (κ2) is 6.82. The number of aromatic nitrogens is 2. The molecule has 3 rings (SSSR count). The summed E-state index contributed by atoms with van der Waals surface area (Å²) in [6.07, 6.45) is 3.63. The Morgan fingerprint density at radius 2 is 2.00 bits per heavy atom. The minimum absolute atomic E-state index is 0.00645. The van der Waals surface area contributed by atoms with Gasteiger partial charge in [0.05, 0.1) is 17.0 Å². The van der Waals surface area contributed by atoms with E-state index < -0.39 is 4.92 Å². The first-order valence-corrected chi connectivity index (χ1v) is 7.38. The van der Waals surface area contributed by atoms with E-state index >= 15 is 0 Å². The first-order valence-electron chi connectivity index (χ1n) is 7.38. The van der Waals surface area contributed by atoms with Crippen LogP contribution in [0, 0.1) is 10.1 Å². The van der Waals surface area contributed by atoms with Crippen molar-refractivity contribution in [3.05, 3.63) is 82.2 Å². The highest BCUT2D eigenvalue weighted by Gasteiger charge is 2.13. The highest BCUT2D eigenvalue weighted by molar-refractivity contribution is 5.49. The van der Waals surface area contributed by atoms with Crippen LogP contribution in [0.1, 0.15) is 11.1 Å². The van der Waals surface area contributed by atoms with Crippen molar-refractivity contribution >= 4 is 11.4 Å². The van der Waals surface area contributed by atoms with E-state index in [-0.39, 0.29) is 18.0 Å². The number of hydrogen-bond acceptors (Lipinski definition) is 5. The van der Waals surface area contributed by atoms with E-state index in [1.165, 1.54) is 18.2 Å². The van der Waals surface area contributed by atoms with Gasteiger partial charge in [0.1, 0.15) is 5.75 Å². The maximum atomic E-state index is 11.0. The van der Waals surface area contributed by atoms with Gasteiger partial charge in [0.2, 0.25) is 0 Å². The number of nitrogens with zero attached hydrogens (tertiary/aromatic N) is 3. The molecule has 0 radical (unpaired) electrons. The number of aromatic hydroxyl groups is 1. The van der Waals surface area contributed by atoms with E-state index in [4.69, 9.17) is 0 Å². The number of hydrogen-bond donors (Lipinski definition) is 2. The minimum Gasteiger partial charge on any atom is -0.508 e. The van der Waals surface area contributed by atoms with Crippen molar-refractivity contribution < 1.29 is 10.0 Å². The molecular weight excluding hydrogens is 308 g/mol. The Balaban J connectivity index is 1.67. The fraction of sp³-hybridized carbons (Fsp3) is 0.118. The molecule has 0 saturated carbocycles. The van der Waals surface area contributed by atoms with Crippen molar-refractivity contribution in [1.82, 2.24) is 9.78 Å². The Labute approximate surface area is 138 Å². The van der Waals surface area contributed by atoms with Crippen LogP contribution in [0.5, 0.6) is 5.75 Å². The van der Waals surface area contributed by atoms with Crippen molar-refractivity contribution in [2.45, 2.75) is 13.1 Å². The molecule has 3 aromatic rings. The Hall–Kier alpha value is -3.35. The third kappa shape index (κ3) is 3.70. The summed E-state index contributed by atoms with van der Waals surface area (Å²) in [6.45, 7) is 0.939. The summed E-state index contributed by atoms with van der Waals surface area (Å²) in [5, 5.41) is 27.8. The first kappa shape index (κ1) is 15.5. The molecule has 2 N–H and O–H groups in total. The molecule has 0 aliphatic heterocycles. The van der Waals surface area contributed by atoms with E-state index in [0.29, 0.717) is 12.1 Å². The Kier molecular flexibility index (Phi) is 4.42. The van der Waals surface area contributed by atoms with Gasteiger partial charge in [0, 0.05) is 30.7 Å². The molecule has 122 valence electrons. The van der Waals surface area contributed by atoms with Crippen LogP contribution in [-0.4, -0.2) is 19.8 Å². The lowest BCUT2D eigenvalue weighted by Gasteiger charge is -2.09. The molecule has 0 aliphatic rings. The maximum absolute atomic E-state index is 11.0. The average molecular weight is 324 g/mol. The second-order valence-electron chi connectivity index (χ2n) is 5.32. The normalized spacial score (nSPS) is 10.5. The topological polar surface area (TPSA) is 93.2 Å². The molecule has 1 aromatic heterocycles. The summed E-state index contributed by atoms with van der Waals surface area (Å²) in [5.41, 5.74) is 2.36. The van der Waals surface area contributed by atoms with Crippen LogP contribution in [0.4, 0.5) is 11.4 Å². The molecule has 7 heteroatoms. The van der Waals surface area contributed by atoms with Gasteiger partial charge in [0.15, 0.2) is 0 Å². The Bertz CT molecular complexity index is 830. The molecule has 0 fully saturated rings. The number of rotatable bonds is 6. The van der Waals surface area contributed by atoms with Crippen molar-refractivity contribution in [3.8, 4) is 5.75 Å². The lowest BCUT2D eigenvalue weighted by molar-refractivity contribution is -0.385. The van der Waals surface area contributed by atoms with E-state index in [1.807, 2.05) is 41.2 Å². The molecule has 0 spiro atoms.